The van der Waals surface area contributed by atoms with Gasteiger partial charge in [0.25, 0.3) is 0 Å². The maximum atomic E-state index is 12.0. The van der Waals surface area contributed by atoms with Crippen LogP contribution in [0, 0.1) is 0 Å². The standard InChI is InChI=1S/C17H31NO3.K/c1-2-3-4-5-6-7-8-9-10-13-16(19)18-14-11-12-15(18)17(20)21;/h15H,2-14H2,1H3,(H,20,21);/q;+1/p-1/t15-;/m0./s1. The molecule has 1 heterocycles. The summed E-state index contributed by atoms with van der Waals surface area (Å²) in [7, 11) is 0. The Labute approximate surface area is 177 Å². The van der Waals surface area contributed by atoms with Crippen LogP contribution in [0.2, 0.25) is 0 Å². The predicted octanol–water partition coefficient (Wildman–Crippen LogP) is -0.348. The van der Waals surface area contributed by atoms with E-state index in [-0.39, 0.29) is 57.3 Å². The van der Waals surface area contributed by atoms with E-state index in [1.165, 1.54) is 49.8 Å². The minimum absolute atomic E-state index is 0. The third-order valence-electron chi connectivity index (χ3n) is 4.34. The number of amides is 1. The van der Waals surface area contributed by atoms with Crippen LogP contribution in [-0.4, -0.2) is 29.4 Å². The second-order valence-electron chi connectivity index (χ2n) is 6.14. The van der Waals surface area contributed by atoms with Crippen molar-refractivity contribution in [3.63, 3.8) is 0 Å². The molecule has 0 unspecified atom stereocenters. The summed E-state index contributed by atoms with van der Waals surface area (Å²) in [5.41, 5.74) is 0. The van der Waals surface area contributed by atoms with E-state index in [0.717, 1.165) is 19.3 Å². The van der Waals surface area contributed by atoms with Crippen LogP contribution in [0.4, 0.5) is 0 Å². The van der Waals surface area contributed by atoms with E-state index in [4.69, 9.17) is 0 Å². The molecule has 1 aliphatic heterocycles. The third-order valence-corrected chi connectivity index (χ3v) is 4.34. The largest absolute Gasteiger partial charge is 1.00 e. The number of carboxylic acids is 1. The summed E-state index contributed by atoms with van der Waals surface area (Å²) < 4.78 is 0. The summed E-state index contributed by atoms with van der Waals surface area (Å²) >= 11 is 0. The number of aliphatic carboxylic acids is 1. The number of carbonyl (C=O) groups is 2. The van der Waals surface area contributed by atoms with Crippen molar-refractivity contribution in [2.75, 3.05) is 6.54 Å². The number of unbranched alkanes of at least 4 members (excludes halogenated alkanes) is 8. The van der Waals surface area contributed by atoms with Gasteiger partial charge in [-0.1, -0.05) is 58.3 Å². The predicted molar refractivity (Wildman–Crippen MR) is 81.6 cm³/mol. The Morgan fingerprint density at radius 1 is 1.00 bits per heavy atom. The summed E-state index contributed by atoms with van der Waals surface area (Å²) in [5, 5.41) is 10.9. The van der Waals surface area contributed by atoms with Gasteiger partial charge in [0, 0.05) is 13.0 Å². The van der Waals surface area contributed by atoms with E-state index in [9.17, 15) is 14.7 Å². The van der Waals surface area contributed by atoms with Gasteiger partial charge in [-0.2, -0.15) is 0 Å². The molecule has 122 valence electrons. The first kappa shape index (κ1) is 22.6. The summed E-state index contributed by atoms with van der Waals surface area (Å²) in [5.74, 6) is -1.11. The van der Waals surface area contributed by atoms with Crippen LogP contribution < -0.4 is 56.5 Å². The van der Waals surface area contributed by atoms with E-state index < -0.39 is 12.0 Å². The maximum absolute atomic E-state index is 12.0. The molecule has 1 fully saturated rings. The smallest absolute Gasteiger partial charge is 0.548 e. The molecule has 0 bridgehead atoms. The third kappa shape index (κ3) is 9.01. The SMILES string of the molecule is CCCCCCCCCCCC(=O)N1CCC[C@H]1C(=O)[O-].[K+]. The Hall–Kier alpha value is 0.576. The zero-order chi connectivity index (χ0) is 15.5. The van der Waals surface area contributed by atoms with E-state index >= 15 is 0 Å². The van der Waals surface area contributed by atoms with Crippen LogP contribution in [0.25, 0.3) is 0 Å². The molecule has 0 aromatic heterocycles. The van der Waals surface area contributed by atoms with Crippen molar-refractivity contribution < 1.29 is 66.1 Å². The fourth-order valence-electron chi connectivity index (χ4n) is 3.04. The Balaban J connectivity index is 0.00000441. The van der Waals surface area contributed by atoms with Gasteiger partial charge in [-0.15, -0.1) is 0 Å². The Morgan fingerprint density at radius 2 is 1.55 bits per heavy atom. The first-order chi connectivity index (χ1) is 10.2. The van der Waals surface area contributed by atoms with Crippen molar-refractivity contribution in [3.05, 3.63) is 0 Å². The molecule has 22 heavy (non-hydrogen) atoms. The van der Waals surface area contributed by atoms with Gasteiger partial charge in [0.05, 0.1) is 12.0 Å². The zero-order valence-corrected chi connectivity index (χ0v) is 17.6. The zero-order valence-electron chi connectivity index (χ0n) is 14.4. The number of likely N-dealkylation sites (tertiary alicyclic amines) is 1. The van der Waals surface area contributed by atoms with Gasteiger partial charge in [-0.05, 0) is 19.3 Å². The quantitative estimate of drug-likeness (QED) is 0.383. The monoisotopic (exact) mass is 335 g/mol. The number of carbonyl (C=O) groups excluding carboxylic acids is 2. The van der Waals surface area contributed by atoms with Crippen molar-refractivity contribution in [2.45, 2.75) is 90.0 Å². The van der Waals surface area contributed by atoms with Crippen molar-refractivity contribution in [1.82, 2.24) is 4.90 Å². The molecule has 0 aromatic carbocycles. The van der Waals surface area contributed by atoms with Gasteiger partial charge in [0.15, 0.2) is 0 Å². The molecule has 0 aromatic rings. The van der Waals surface area contributed by atoms with Gasteiger partial charge in [-0.3, -0.25) is 4.79 Å². The fraction of sp³-hybridized carbons (Fsp3) is 0.882. The van der Waals surface area contributed by atoms with Crippen LogP contribution in [0.3, 0.4) is 0 Å². The molecule has 1 atom stereocenters. The maximum Gasteiger partial charge on any atom is 1.00 e. The van der Waals surface area contributed by atoms with Gasteiger partial charge in [0.2, 0.25) is 5.91 Å². The molecule has 0 radical (unpaired) electrons. The van der Waals surface area contributed by atoms with Gasteiger partial charge >= 0.3 is 51.4 Å². The molecule has 5 heteroatoms. The average molecular weight is 336 g/mol. The topological polar surface area (TPSA) is 60.4 Å². The van der Waals surface area contributed by atoms with Crippen LogP contribution in [0.5, 0.6) is 0 Å². The van der Waals surface area contributed by atoms with Gasteiger partial charge in [-0.25, -0.2) is 0 Å². The minimum atomic E-state index is -1.10. The van der Waals surface area contributed by atoms with E-state index in [0.29, 0.717) is 19.4 Å². The normalized spacial score (nSPS) is 17.3. The Bertz CT molecular complexity index is 323. The number of rotatable bonds is 11. The van der Waals surface area contributed by atoms with E-state index in [1.807, 2.05) is 0 Å². The summed E-state index contributed by atoms with van der Waals surface area (Å²) in [6, 6.07) is -0.684. The van der Waals surface area contributed by atoms with Crippen molar-refractivity contribution in [2.24, 2.45) is 0 Å². The number of hydrogen-bond acceptors (Lipinski definition) is 3. The summed E-state index contributed by atoms with van der Waals surface area (Å²) in [6.07, 6.45) is 12.8. The Kier molecular flexibility index (Phi) is 14.3. The van der Waals surface area contributed by atoms with Crippen molar-refractivity contribution >= 4 is 11.9 Å². The number of hydrogen-bond donors (Lipinski definition) is 0. The molecule has 0 N–H and O–H groups in total. The summed E-state index contributed by atoms with van der Waals surface area (Å²) in [6.45, 7) is 2.80. The molecule has 0 saturated carbocycles. The second-order valence-corrected chi connectivity index (χ2v) is 6.14. The van der Waals surface area contributed by atoms with Crippen molar-refractivity contribution in [3.8, 4) is 0 Å². The first-order valence-corrected chi connectivity index (χ1v) is 8.67. The number of carboxylic acid groups (broad SMARTS) is 1. The molecule has 4 nitrogen and oxygen atoms in total. The minimum Gasteiger partial charge on any atom is -0.548 e. The molecule has 0 aliphatic carbocycles. The molecule has 1 amide bonds. The van der Waals surface area contributed by atoms with Crippen LogP contribution in [0.1, 0.15) is 84.0 Å². The molecule has 1 saturated heterocycles. The number of nitrogens with zero attached hydrogens (tertiary/aromatic N) is 1. The van der Waals surface area contributed by atoms with Crippen LogP contribution in [0.15, 0.2) is 0 Å². The van der Waals surface area contributed by atoms with E-state index in [2.05, 4.69) is 6.92 Å². The first-order valence-electron chi connectivity index (χ1n) is 8.67. The second kappa shape index (κ2) is 14.0. The Morgan fingerprint density at radius 3 is 2.09 bits per heavy atom. The van der Waals surface area contributed by atoms with Crippen molar-refractivity contribution in [1.29, 1.82) is 0 Å². The van der Waals surface area contributed by atoms with Crippen LogP contribution >= 0.6 is 0 Å². The van der Waals surface area contributed by atoms with Gasteiger partial charge in [0.1, 0.15) is 0 Å². The van der Waals surface area contributed by atoms with E-state index in [1.54, 1.807) is 0 Å². The molecular formula is C17H30KNO3. The fourth-order valence-corrected chi connectivity index (χ4v) is 3.04. The molecule has 1 aliphatic rings. The molecule has 1 rings (SSSR count). The van der Waals surface area contributed by atoms with Crippen LogP contribution in [-0.2, 0) is 9.59 Å². The summed E-state index contributed by atoms with van der Waals surface area (Å²) in [4.78, 5) is 24.4. The van der Waals surface area contributed by atoms with Gasteiger partial charge < -0.3 is 14.8 Å². The molecule has 0 spiro atoms. The average Bonchev–Trinajstić information content (AvgIpc) is 2.95. The molecular weight excluding hydrogens is 305 g/mol.